The van der Waals surface area contributed by atoms with E-state index in [2.05, 4.69) is 5.32 Å². The molecule has 0 aromatic carbocycles. The highest BCUT2D eigenvalue weighted by molar-refractivity contribution is 5.98. The molecule has 2 N–H and O–H groups in total. The maximum absolute atomic E-state index is 13.8. The number of aliphatic hydroxyl groups is 1. The lowest BCUT2D eigenvalue weighted by Gasteiger charge is -2.38. The lowest BCUT2D eigenvalue weighted by Crippen LogP contribution is -2.59. The predicted octanol–water partition coefficient (Wildman–Crippen LogP) is 1.78. The van der Waals surface area contributed by atoms with Crippen molar-refractivity contribution >= 4 is 17.8 Å². The number of fused-ring (bicyclic) bond motifs is 1. The molecule has 0 radical (unpaired) electrons. The molecule has 1 aliphatic carbocycles. The average Bonchev–Trinajstić information content (AvgIpc) is 3.40. The third-order valence-electron chi connectivity index (χ3n) is 7.84. The summed E-state index contributed by atoms with van der Waals surface area (Å²) in [5.74, 6) is -2.07. The van der Waals surface area contributed by atoms with Crippen LogP contribution in [0, 0.1) is 17.8 Å². The van der Waals surface area contributed by atoms with Crippen molar-refractivity contribution in [3.05, 3.63) is 0 Å². The summed E-state index contributed by atoms with van der Waals surface area (Å²) >= 11 is 0. The smallest absolute Gasteiger partial charge is 0.312 e. The van der Waals surface area contributed by atoms with E-state index in [1.165, 1.54) is 6.42 Å². The molecule has 2 bridgehead atoms. The van der Waals surface area contributed by atoms with Gasteiger partial charge in [-0.1, -0.05) is 33.1 Å². The van der Waals surface area contributed by atoms with Gasteiger partial charge in [0.1, 0.15) is 11.6 Å². The van der Waals surface area contributed by atoms with Gasteiger partial charge in [0.15, 0.2) is 0 Å². The van der Waals surface area contributed by atoms with Crippen LogP contribution < -0.4 is 5.32 Å². The lowest BCUT2D eigenvalue weighted by atomic mass is 9.70. The van der Waals surface area contributed by atoms with Crippen molar-refractivity contribution < 1.29 is 29.0 Å². The van der Waals surface area contributed by atoms with Crippen LogP contribution in [0.2, 0.25) is 0 Å². The van der Waals surface area contributed by atoms with E-state index in [1.54, 1.807) is 11.8 Å². The molecular formula is C24H38N2O6. The summed E-state index contributed by atoms with van der Waals surface area (Å²) in [6.07, 6.45) is 6.59. The molecule has 8 heteroatoms. The van der Waals surface area contributed by atoms with Gasteiger partial charge in [-0.15, -0.1) is 0 Å². The molecule has 0 unspecified atom stereocenters. The number of hydrogen-bond acceptors (Lipinski definition) is 6. The van der Waals surface area contributed by atoms with Crippen LogP contribution in [-0.2, 0) is 23.9 Å². The first-order valence-corrected chi connectivity index (χ1v) is 12.4. The molecule has 0 aromatic rings. The van der Waals surface area contributed by atoms with E-state index in [-0.39, 0.29) is 37.0 Å². The van der Waals surface area contributed by atoms with E-state index in [4.69, 9.17) is 9.47 Å². The molecule has 1 spiro atoms. The number of rotatable bonds is 8. The zero-order valence-corrected chi connectivity index (χ0v) is 19.5. The Morgan fingerprint density at radius 2 is 1.97 bits per heavy atom. The van der Waals surface area contributed by atoms with Gasteiger partial charge in [-0.05, 0) is 44.9 Å². The Labute approximate surface area is 190 Å². The quantitative estimate of drug-likeness (QED) is 0.546. The van der Waals surface area contributed by atoms with Gasteiger partial charge in [0.25, 0.3) is 0 Å². The highest BCUT2D eigenvalue weighted by Gasteiger charge is 2.75. The van der Waals surface area contributed by atoms with Gasteiger partial charge in [0.05, 0.1) is 37.2 Å². The monoisotopic (exact) mass is 450 g/mol. The SMILES string of the molecule is CCOC(=O)[C@@H]1[C@@H]2CC[C@]3(O2)[C@H](C(=O)NC2CCCCC2)N([C@@H](CO)CC(C)C)C(=O)[C@@H]13. The molecule has 1 saturated carbocycles. The van der Waals surface area contributed by atoms with Crippen LogP contribution >= 0.6 is 0 Å². The zero-order chi connectivity index (χ0) is 23.0. The van der Waals surface area contributed by atoms with Crippen molar-refractivity contribution in [2.75, 3.05) is 13.2 Å². The van der Waals surface area contributed by atoms with Crippen molar-refractivity contribution in [3.63, 3.8) is 0 Å². The van der Waals surface area contributed by atoms with Crippen LogP contribution in [-0.4, -0.2) is 70.8 Å². The molecule has 0 aromatic heterocycles. The van der Waals surface area contributed by atoms with Gasteiger partial charge in [0, 0.05) is 6.04 Å². The Morgan fingerprint density at radius 1 is 1.25 bits per heavy atom. The number of hydrogen-bond donors (Lipinski definition) is 2. The summed E-state index contributed by atoms with van der Waals surface area (Å²) in [5, 5.41) is 13.4. The van der Waals surface area contributed by atoms with E-state index in [0.29, 0.717) is 19.3 Å². The minimum absolute atomic E-state index is 0.0979. The van der Waals surface area contributed by atoms with Crippen molar-refractivity contribution in [3.8, 4) is 0 Å². The number of carbonyl (C=O) groups excluding carboxylic acids is 3. The van der Waals surface area contributed by atoms with Crippen molar-refractivity contribution in [2.45, 2.75) is 102 Å². The second kappa shape index (κ2) is 9.29. The third-order valence-corrected chi connectivity index (χ3v) is 7.84. The molecule has 3 aliphatic heterocycles. The second-order valence-electron chi connectivity index (χ2n) is 10.4. The fourth-order valence-corrected chi connectivity index (χ4v) is 6.64. The van der Waals surface area contributed by atoms with Gasteiger partial charge in [-0.3, -0.25) is 14.4 Å². The predicted molar refractivity (Wildman–Crippen MR) is 116 cm³/mol. The molecule has 2 amide bonds. The van der Waals surface area contributed by atoms with Crippen molar-refractivity contribution in [2.24, 2.45) is 17.8 Å². The van der Waals surface area contributed by atoms with E-state index in [1.807, 2.05) is 13.8 Å². The van der Waals surface area contributed by atoms with Crippen LogP contribution in [0.15, 0.2) is 0 Å². The Balaban J connectivity index is 1.69. The average molecular weight is 451 g/mol. The number of ether oxygens (including phenoxy) is 2. The minimum atomic E-state index is -1.03. The maximum atomic E-state index is 13.8. The van der Waals surface area contributed by atoms with Crippen LogP contribution in [0.5, 0.6) is 0 Å². The first kappa shape index (κ1) is 23.5. The van der Waals surface area contributed by atoms with Crippen LogP contribution in [0.25, 0.3) is 0 Å². The normalized spacial score (nSPS) is 35.3. The highest BCUT2D eigenvalue weighted by atomic mass is 16.6. The molecule has 4 fully saturated rings. The summed E-state index contributed by atoms with van der Waals surface area (Å²) in [5.41, 5.74) is -1.03. The highest BCUT2D eigenvalue weighted by Crippen LogP contribution is 2.59. The molecule has 32 heavy (non-hydrogen) atoms. The summed E-state index contributed by atoms with van der Waals surface area (Å²) < 4.78 is 11.7. The van der Waals surface area contributed by atoms with Gasteiger partial charge < -0.3 is 24.8 Å². The summed E-state index contributed by atoms with van der Waals surface area (Å²) in [6.45, 7) is 5.81. The molecule has 8 nitrogen and oxygen atoms in total. The number of aliphatic hydroxyl groups excluding tert-OH is 1. The molecule has 4 aliphatic rings. The molecular weight excluding hydrogens is 412 g/mol. The van der Waals surface area contributed by atoms with Gasteiger partial charge in [-0.2, -0.15) is 0 Å². The van der Waals surface area contributed by atoms with E-state index < -0.39 is 41.6 Å². The molecule has 6 atom stereocenters. The summed E-state index contributed by atoms with van der Waals surface area (Å²) in [6, 6.07) is -1.22. The standard InChI is InChI=1S/C24H38N2O6/c1-4-31-23(30)18-17-10-11-24(32-17)19(18)22(29)26(16(13-27)12-14(2)3)20(24)21(28)25-15-8-6-5-7-9-15/h14-20,27H,4-13H2,1-3H3,(H,25,28)/t16-,17+,18-,19-,20+,24-/m1/s1. The lowest BCUT2D eigenvalue weighted by molar-refractivity contribution is -0.155. The van der Waals surface area contributed by atoms with Gasteiger partial charge in [-0.25, -0.2) is 0 Å². The van der Waals surface area contributed by atoms with E-state index in [9.17, 15) is 19.5 Å². The molecule has 180 valence electrons. The molecule has 4 rings (SSSR count). The number of likely N-dealkylation sites (tertiary alicyclic amines) is 1. The minimum Gasteiger partial charge on any atom is -0.466 e. The maximum Gasteiger partial charge on any atom is 0.312 e. The Morgan fingerprint density at radius 3 is 2.59 bits per heavy atom. The molecule has 3 saturated heterocycles. The Hall–Kier alpha value is -1.67. The topological polar surface area (TPSA) is 105 Å². The summed E-state index contributed by atoms with van der Waals surface area (Å²) in [4.78, 5) is 41.9. The van der Waals surface area contributed by atoms with Crippen LogP contribution in [0.3, 0.4) is 0 Å². The van der Waals surface area contributed by atoms with Crippen molar-refractivity contribution in [1.82, 2.24) is 10.2 Å². The fourth-order valence-electron chi connectivity index (χ4n) is 6.64. The number of carbonyl (C=O) groups is 3. The largest absolute Gasteiger partial charge is 0.466 e. The number of nitrogens with one attached hydrogen (secondary N) is 1. The van der Waals surface area contributed by atoms with E-state index >= 15 is 0 Å². The third kappa shape index (κ3) is 3.83. The zero-order valence-electron chi connectivity index (χ0n) is 19.5. The van der Waals surface area contributed by atoms with Crippen molar-refractivity contribution in [1.29, 1.82) is 0 Å². The van der Waals surface area contributed by atoms with Crippen LogP contribution in [0.4, 0.5) is 0 Å². The summed E-state index contributed by atoms with van der Waals surface area (Å²) in [7, 11) is 0. The first-order valence-electron chi connectivity index (χ1n) is 12.4. The first-order chi connectivity index (χ1) is 15.3. The number of nitrogens with zero attached hydrogens (tertiary/aromatic N) is 1. The number of esters is 1. The Bertz CT molecular complexity index is 736. The van der Waals surface area contributed by atoms with Gasteiger partial charge in [0.2, 0.25) is 11.8 Å². The van der Waals surface area contributed by atoms with Crippen LogP contribution in [0.1, 0.15) is 72.1 Å². The Kier molecular flexibility index (Phi) is 6.82. The number of amides is 2. The second-order valence-corrected chi connectivity index (χ2v) is 10.4. The van der Waals surface area contributed by atoms with Gasteiger partial charge >= 0.3 is 5.97 Å². The fraction of sp³-hybridized carbons (Fsp3) is 0.875. The molecule has 3 heterocycles. The van der Waals surface area contributed by atoms with E-state index in [0.717, 1.165) is 25.7 Å².